The average Bonchev–Trinajstić information content (AvgIpc) is 2.49. The molecule has 0 aromatic heterocycles. The summed E-state index contributed by atoms with van der Waals surface area (Å²) in [7, 11) is 1.65. The zero-order valence-electron chi connectivity index (χ0n) is 11.1. The van der Waals surface area contributed by atoms with Crippen LogP contribution in [0, 0.1) is 0 Å². The van der Waals surface area contributed by atoms with E-state index in [4.69, 9.17) is 15.2 Å². The van der Waals surface area contributed by atoms with E-state index >= 15 is 0 Å². The molecule has 0 saturated heterocycles. The molecule has 0 saturated carbocycles. The van der Waals surface area contributed by atoms with Crippen molar-refractivity contribution >= 4 is 0 Å². The van der Waals surface area contributed by atoms with E-state index in [1.54, 1.807) is 7.11 Å². The van der Waals surface area contributed by atoms with Crippen LogP contribution in [0.4, 0.5) is 0 Å². The Morgan fingerprint density at radius 1 is 0.947 bits per heavy atom. The monoisotopic (exact) mass is 257 g/mol. The molecule has 0 aliphatic carbocycles. The predicted molar refractivity (Wildman–Crippen MR) is 76.7 cm³/mol. The van der Waals surface area contributed by atoms with Crippen LogP contribution in [0.15, 0.2) is 54.6 Å². The first-order valence-corrected chi connectivity index (χ1v) is 6.35. The summed E-state index contributed by atoms with van der Waals surface area (Å²) in [5.74, 6) is 1.87. The molecular weight excluding hydrogens is 238 g/mol. The van der Waals surface area contributed by atoms with Crippen LogP contribution in [0.25, 0.3) is 0 Å². The molecular formula is C16H19NO2. The molecule has 0 fully saturated rings. The van der Waals surface area contributed by atoms with Gasteiger partial charge in [0.05, 0.1) is 13.7 Å². The summed E-state index contributed by atoms with van der Waals surface area (Å²) in [4.78, 5) is 0. The predicted octanol–water partition coefficient (Wildman–Crippen LogP) is 2.82. The van der Waals surface area contributed by atoms with Crippen molar-refractivity contribution in [2.75, 3.05) is 20.3 Å². The van der Waals surface area contributed by atoms with Gasteiger partial charge in [-0.25, -0.2) is 0 Å². The lowest BCUT2D eigenvalue weighted by Crippen LogP contribution is -2.19. The van der Waals surface area contributed by atoms with Gasteiger partial charge < -0.3 is 15.2 Å². The van der Waals surface area contributed by atoms with Crippen molar-refractivity contribution in [3.8, 4) is 11.5 Å². The minimum Gasteiger partial charge on any atom is -0.497 e. The molecule has 0 aliphatic heterocycles. The maximum Gasteiger partial charge on any atom is 0.119 e. The molecule has 0 radical (unpaired) electrons. The van der Waals surface area contributed by atoms with E-state index < -0.39 is 0 Å². The van der Waals surface area contributed by atoms with E-state index in [1.807, 2.05) is 42.5 Å². The molecule has 1 unspecified atom stereocenters. The largest absolute Gasteiger partial charge is 0.497 e. The van der Waals surface area contributed by atoms with Crippen molar-refractivity contribution in [1.29, 1.82) is 0 Å². The lowest BCUT2D eigenvalue weighted by atomic mass is 10.0. The number of nitrogens with two attached hydrogens (primary N) is 1. The normalized spacial score (nSPS) is 11.9. The Morgan fingerprint density at radius 3 is 2.16 bits per heavy atom. The molecule has 0 spiro atoms. The first-order chi connectivity index (χ1) is 9.33. The first kappa shape index (κ1) is 13.4. The number of methoxy groups -OCH3 is 1. The summed E-state index contributed by atoms with van der Waals surface area (Å²) in [5, 5.41) is 0. The SMILES string of the molecule is COc1ccc(OCC(CN)c2ccccc2)cc1. The summed E-state index contributed by atoms with van der Waals surface area (Å²) in [6.45, 7) is 1.15. The summed E-state index contributed by atoms with van der Waals surface area (Å²) in [5.41, 5.74) is 7.02. The Bertz CT molecular complexity index is 482. The van der Waals surface area contributed by atoms with Gasteiger partial charge in [0.25, 0.3) is 0 Å². The van der Waals surface area contributed by atoms with Gasteiger partial charge in [0.15, 0.2) is 0 Å². The van der Waals surface area contributed by atoms with Gasteiger partial charge in [-0.3, -0.25) is 0 Å². The molecule has 2 N–H and O–H groups in total. The highest BCUT2D eigenvalue weighted by Crippen LogP contribution is 2.20. The topological polar surface area (TPSA) is 44.5 Å². The third kappa shape index (κ3) is 3.73. The maximum absolute atomic E-state index is 5.81. The Labute approximate surface area is 114 Å². The molecule has 3 heteroatoms. The van der Waals surface area contributed by atoms with E-state index in [-0.39, 0.29) is 5.92 Å². The molecule has 100 valence electrons. The fourth-order valence-corrected chi connectivity index (χ4v) is 1.89. The van der Waals surface area contributed by atoms with Gasteiger partial charge in [-0.05, 0) is 29.8 Å². The molecule has 2 aromatic carbocycles. The molecule has 1 atom stereocenters. The van der Waals surface area contributed by atoms with Crippen LogP contribution in [-0.4, -0.2) is 20.3 Å². The standard InChI is InChI=1S/C16H19NO2/c1-18-15-7-9-16(10-8-15)19-12-14(11-17)13-5-3-2-4-6-13/h2-10,14H,11-12,17H2,1H3. The van der Waals surface area contributed by atoms with Crippen LogP contribution in [0.3, 0.4) is 0 Å². The highest BCUT2D eigenvalue weighted by molar-refractivity contribution is 5.31. The van der Waals surface area contributed by atoms with Crippen LogP contribution >= 0.6 is 0 Å². The second-order valence-corrected chi connectivity index (χ2v) is 4.33. The van der Waals surface area contributed by atoms with E-state index in [9.17, 15) is 0 Å². The molecule has 0 heterocycles. The summed E-state index contributed by atoms with van der Waals surface area (Å²) in [6.07, 6.45) is 0. The summed E-state index contributed by atoms with van der Waals surface area (Å²) in [6, 6.07) is 17.8. The Hall–Kier alpha value is -2.00. The molecule has 0 amide bonds. The van der Waals surface area contributed by atoms with Gasteiger partial charge >= 0.3 is 0 Å². The summed E-state index contributed by atoms with van der Waals surface area (Å²) < 4.78 is 10.9. The number of hydrogen-bond donors (Lipinski definition) is 1. The van der Waals surface area contributed by atoms with Gasteiger partial charge in [0.1, 0.15) is 11.5 Å². The minimum atomic E-state index is 0.211. The zero-order chi connectivity index (χ0) is 13.5. The lowest BCUT2D eigenvalue weighted by molar-refractivity contribution is 0.290. The highest BCUT2D eigenvalue weighted by Gasteiger charge is 2.10. The lowest BCUT2D eigenvalue weighted by Gasteiger charge is -2.16. The molecule has 0 aliphatic rings. The fraction of sp³-hybridized carbons (Fsp3) is 0.250. The zero-order valence-corrected chi connectivity index (χ0v) is 11.1. The third-order valence-corrected chi connectivity index (χ3v) is 3.07. The first-order valence-electron chi connectivity index (χ1n) is 6.35. The quantitative estimate of drug-likeness (QED) is 0.865. The van der Waals surface area contributed by atoms with Crippen molar-refractivity contribution in [3.63, 3.8) is 0 Å². The fourth-order valence-electron chi connectivity index (χ4n) is 1.89. The second kappa shape index (κ2) is 6.81. The van der Waals surface area contributed by atoms with Crippen molar-refractivity contribution in [2.45, 2.75) is 5.92 Å². The van der Waals surface area contributed by atoms with Crippen molar-refractivity contribution in [2.24, 2.45) is 5.73 Å². The number of hydrogen-bond acceptors (Lipinski definition) is 3. The number of benzene rings is 2. The van der Waals surface area contributed by atoms with Gasteiger partial charge in [-0.2, -0.15) is 0 Å². The molecule has 0 bridgehead atoms. The van der Waals surface area contributed by atoms with Crippen LogP contribution in [-0.2, 0) is 0 Å². The second-order valence-electron chi connectivity index (χ2n) is 4.33. The molecule has 19 heavy (non-hydrogen) atoms. The van der Waals surface area contributed by atoms with Crippen LogP contribution < -0.4 is 15.2 Å². The third-order valence-electron chi connectivity index (χ3n) is 3.07. The van der Waals surface area contributed by atoms with Crippen molar-refractivity contribution in [1.82, 2.24) is 0 Å². The van der Waals surface area contributed by atoms with Gasteiger partial charge in [-0.1, -0.05) is 30.3 Å². The van der Waals surface area contributed by atoms with E-state index in [0.29, 0.717) is 13.2 Å². The van der Waals surface area contributed by atoms with Crippen LogP contribution in [0.2, 0.25) is 0 Å². The van der Waals surface area contributed by atoms with Crippen LogP contribution in [0.5, 0.6) is 11.5 Å². The van der Waals surface area contributed by atoms with E-state index in [2.05, 4.69) is 12.1 Å². The van der Waals surface area contributed by atoms with Crippen molar-refractivity contribution < 1.29 is 9.47 Å². The smallest absolute Gasteiger partial charge is 0.119 e. The Balaban J connectivity index is 1.96. The molecule has 3 nitrogen and oxygen atoms in total. The van der Waals surface area contributed by atoms with Gasteiger partial charge in [0.2, 0.25) is 0 Å². The number of ether oxygens (including phenoxy) is 2. The minimum absolute atomic E-state index is 0.211. The maximum atomic E-state index is 5.81. The van der Waals surface area contributed by atoms with Crippen molar-refractivity contribution in [3.05, 3.63) is 60.2 Å². The number of rotatable bonds is 6. The van der Waals surface area contributed by atoms with E-state index in [1.165, 1.54) is 5.56 Å². The molecule has 2 rings (SSSR count). The summed E-state index contributed by atoms with van der Waals surface area (Å²) >= 11 is 0. The Kier molecular flexibility index (Phi) is 4.81. The highest BCUT2D eigenvalue weighted by atomic mass is 16.5. The van der Waals surface area contributed by atoms with E-state index in [0.717, 1.165) is 11.5 Å². The van der Waals surface area contributed by atoms with Gasteiger partial charge in [0, 0.05) is 12.5 Å². The Morgan fingerprint density at radius 2 is 1.58 bits per heavy atom. The average molecular weight is 257 g/mol. The van der Waals surface area contributed by atoms with Crippen LogP contribution in [0.1, 0.15) is 11.5 Å². The molecule has 2 aromatic rings. The van der Waals surface area contributed by atoms with Gasteiger partial charge in [-0.15, -0.1) is 0 Å².